The molecular formula is C31H36N6O2. The van der Waals surface area contributed by atoms with Gasteiger partial charge in [-0.1, -0.05) is 30.3 Å². The molecule has 3 N–H and O–H groups in total. The van der Waals surface area contributed by atoms with E-state index in [0.29, 0.717) is 35.9 Å². The van der Waals surface area contributed by atoms with E-state index in [1.807, 2.05) is 54.1 Å². The first-order valence-electron chi connectivity index (χ1n) is 13.1. The molecule has 2 heterocycles. The van der Waals surface area contributed by atoms with E-state index in [1.54, 1.807) is 31.5 Å². The van der Waals surface area contributed by atoms with Crippen LogP contribution in [0.3, 0.4) is 0 Å². The third-order valence-corrected chi connectivity index (χ3v) is 7.22. The summed E-state index contributed by atoms with van der Waals surface area (Å²) in [4.78, 5) is 38.6. The zero-order valence-electron chi connectivity index (χ0n) is 23.2. The van der Waals surface area contributed by atoms with E-state index in [0.717, 1.165) is 22.7 Å². The fourth-order valence-electron chi connectivity index (χ4n) is 4.43. The summed E-state index contributed by atoms with van der Waals surface area (Å²) in [6.07, 6.45) is 4.83. The minimum absolute atomic E-state index is 0.0467. The second-order valence-corrected chi connectivity index (χ2v) is 10.1. The van der Waals surface area contributed by atoms with Crippen LogP contribution in [-0.2, 0) is 0 Å². The van der Waals surface area contributed by atoms with Crippen LogP contribution in [0.4, 0.5) is 11.5 Å². The van der Waals surface area contributed by atoms with Gasteiger partial charge in [0.2, 0.25) is 0 Å². The van der Waals surface area contributed by atoms with Crippen LogP contribution in [0.2, 0.25) is 0 Å². The number of carbonyl (C=O) groups is 2. The van der Waals surface area contributed by atoms with Crippen LogP contribution >= 0.6 is 0 Å². The smallest absolute Gasteiger partial charge is 0.257 e. The number of benzene rings is 2. The molecule has 39 heavy (non-hydrogen) atoms. The second kappa shape index (κ2) is 11.9. The monoisotopic (exact) mass is 524 g/mol. The molecule has 3 aromatic rings. The van der Waals surface area contributed by atoms with Crippen molar-refractivity contribution in [2.75, 3.05) is 37.4 Å². The van der Waals surface area contributed by atoms with Crippen molar-refractivity contribution in [1.29, 1.82) is 0 Å². The molecule has 1 aliphatic heterocycles. The Morgan fingerprint density at radius 2 is 1.74 bits per heavy atom. The van der Waals surface area contributed by atoms with Gasteiger partial charge in [-0.3, -0.25) is 14.6 Å². The molecule has 8 heteroatoms. The lowest BCUT2D eigenvalue weighted by Gasteiger charge is -2.39. The second-order valence-electron chi connectivity index (χ2n) is 10.1. The molecule has 0 radical (unpaired) electrons. The number of carbonyl (C=O) groups excluding carboxylic acids is 2. The van der Waals surface area contributed by atoms with Gasteiger partial charge in [-0.25, -0.2) is 4.98 Å². The minimum atomic E-state index is -0.264. The molecule has 1 saturated heterocycles. The Kier molecular flexibility index (Phi) is 8.44. The van der Waals surface area contributed by atoms with Gasteiger partial charge in [-0.15, -0.1) is 0 Å². The number of likely N-dealkylation sites (tertiary alicyclic amines) is 1. The summed E-state index contributed by atoms with van der Waals surface area (Å²) in [5.74, 6) is 0.775. The molecule has 1 aliphatic rings. The zero-order chi connectivity index (χ0) is 28.1. The van der Waals surface area contributed by atoms with Gasteiger partial charge < -0.3 is 20.9 Å². The number of hydrogen-bond donors (Lipinski definition) is 2. The van der Waals surface area contributed by atoms with Crippen LogP contribution in [0.5, 0.6) is 0 Å². The van der Waals surface area contributed by atoms with Crippen LogP contribution < -0.4 is 16.0 Å². The third kappa shape index (κ3) is 6.17. The Hall–Kier alpha value is -4.46. The van der Waals surface area contributed by atoms with Gasteiger partial charge in [-0.05, 0) is 74.0 Å². The molecule has 0 atom stereocenters. The summed E-state index contributed by atoms with van der Waals surface area (Å²) in [6.45, 7) is 7.36. The van der Waals surface area contributed by atoms with Crippen LogP contribution in [0.15, 0.2) is 78.1 Å². The van der Waals surface area contributed by atoms with E-state index in [9.17, 15) is 9.59 Å². The molecule has 0 spiro atoms. The maximum atomic E-state index is 13.2. The first-order chi connectivity index (χ1) is 18.7. The van der Waals surface area contributed by atoms with Gasteiger partial charge >= 0.3 is 0 Å². The molecule has 0 aliphatic carbocycles. The number of aromatic nitrogens is 1. The topological polar surface area (TPSA) is 104 Å². The normalized spacial score (nSPS) is 14.0. The lowest BCUT2D eigenvalue weighted by atomic mass is 9.90. The Morgan fingerprint density at radius 1 is 1.08 bits per heavy atom. The predicted molar refractivity (Wildman–Crippen MR) is 158 cm³/mol. The van der Waals surface area contributed by atoms with Gasteiger partial charge in [0.1, 0.15) is 5.82 Å². The maximum absolute atomic E-state index is 13.2. The molecule has 4 rings (SSSR count). The molecule has 0 bridgehead atoms. The maximum Gasteiger partial charge on any atom is 0.257 e. The molecule has 0 unspecified atom stereocenters. The highest BCUT2D eigenvalue weighted by Crippen LogP contribution is 2.29. The largest absolute Gasteiger partial charge is 0.405 e. The number of hydrogen-bond acceptors (Lipinski definition) is 6. The Labute approximate surface area is 230 Å². The van der Waals surface area contributed by atoms with E-state index >= 15 is 0 Å². The number of rotatable bonds is 8. The van der Waals surface area contributed by atoms with Crippen LogP contribution in [0.25, 0.3) is 0 Å². The number of amides is 2. The SMILES string of the molecule is CN=C(C=CN)c1ccc(C2CN(C(=O)c3ccc(C)c(NC(=O)c4ccc(N(C)C(C)C)nc4)c3)C2)cc1. The Balaban J connectivity index is 1.39. The van der Waals surface area contributed by atoms with Crippen molar-refractivity contribution >= 4 is 29.0 Å². The van der Waals surface area contributed by atoms with Gasteiger partial charge in [0, 0.05) is 56.6 Å². The number of nitrogens with zero attached hydrogens (tertiary/aromatic N) is 4. The minimum Gasteiger partial charge on any atom is -0.405 e. The van der Waals surface area contributed by atoms with Crippen molar-refractivity contribution in [2.45, 2.75) is 32.7 Å². The standard InChI is InChI=1S/C31H36N6O2/c1-20(2)36(5)29-13-12-25(17-34-29)30(38)35-28-16-24(7-6-21(28)3)31(39)37-18-26(19-37)22-8-10-23(11-9-22)27(33-4)14-15-32/h6-17,20,26H,18-19,32H2,1-5H3,(H,35,38). The molecular weight excluding hydrogens is 488 g/mol. The van der Waals surface area contributed by atoms with Crippen molar-refractivity contribution in [2.24, 2.45) is 10.7 Å². The highest BCUT2D eigenvalue weighted by molar-refractivity contribution is 6.08. The highest BCUT2D eigenvalue weighted by atomic mass is 16.2. The summed E-state index contributed by atoms with van der Waals surface area (Å²) < 4.78 is 0. The number of aryl methyl sites for hydroxylation is 1. The van der Waals surface area contributed by atoms with Crippen LogP contribution in [0, 0.1) is 6.92 Å². The number of allylic oxidation sites excluding steroid dienone is 1. The lowest BCUT2D eigenvalue weighted by molar-refractivity contribution is 0.0602. The number of nitrogens with one attached hydrogen (secondary N) is 1. The molecule has 8 nitrogen and oxygen atoms in total. The highest BCUT2D eigenvalue weighted by Gasteiger charge is 2.32. The first-order valence-corrected chi connectivity index (χ1v) is 13.1. The lowest BCUT2D eigenvalue weighted by Crippen LogP contribution is -2.48. The molecule has 1 aromatic heterocycles. The van der Waals surface area contributed by atoms with E-state index in [1.165, 1.54) is 11.8 Å². The number of anilines is 2. The van der Waals surface area contributed by atoms with Crippen molar-refractivity contribution < 1.29 is 9.59 Å². The van der Waals surface area contributed by atoms with E-state index in [4.69, 9.17) is 5.73 Å². The summed E-state index contributed by atoms with van der Waals surface area (Å²) in [7, 11) is 3.70. The summed E-state index contributed by atoms with van der Waals surface area (Å²) >= 11 is 0. The average Bonchev–Trinajstić information content (AvgIpc) is 2.92. The Bertz CT molecular complexity index is 1390. The first kappa shape index (κ1) is 27.6. The van der Waals surface area contributed by atoms with Crippen LogP contribution in [0.1, 0.15) is 57.2 Å². The van der Waals surface area contributed by atoms with E-state index in [2.05, 4.69) is 41.3 Å². The van der Waals surface area contributed by atoms with Crippen molar-refractivity contribution in [3.63, 3.8) is 0 Å². The molecule has 2 amide bonds. The number of pyridine rings is 1. The van der Waals surface area contributed by atoms with Gasteiger partial charge in [0.05, 0.1) is 11.3 Å². The molecule has 1 fully saturated rings. The van der Waals surface area contributed by atoms with Crippen molar-refractivity contribution in [3.05, 3.63) is 101 Å². The van der Waals surface area contributed by atoms with Gasteiger partial charge in [0.25, 0.3) is 11.8 Å². The average molecular weight is 525 g/mol. The van der Waals surface area contributed by atoms with Gasteiger partial charge in [0.15, 0.2) is 0 Å². The quantitative estimate of drug-likeness (QED) is 0.419. The number of nitrogens with two attached hydrogens (primary N) is 1. The van der Waals surface area contributed by atoms with E-state index < -0.39 is 0 Å². The molecule has 202 valence electrons. The molecule has 2 aromatic carbocycles. The molecule has 0 saturated carbocycles. The van der Waals surface area contributed by atoms with Crippen molar-refractivity contribution in [3.8, 4) is 0 Å². The zero-order valence-corrected chi connectivity index (χ0v) is 23.2. The summed E-state index contributed by atoms with van der Waals surface area (Å²) in [5.41, 5.74) is 11.0. The summed E-state index contributed by atoms with van der Waals surface area (Å²) in [5, 5.41) is 2.95. The number of aliphatic imine (C=N–C) groups is 1. The van der Waals surface area contributed by atoms with Crippen molar-refractivity contribution in [1.82, 2.24) is 9.88 Å². The van der Waals surface area contributed by atoms with E-state index in [-0.39, 0.29) is 17.7 Å². The fourth-order valence-corrected chi connectivity index (χ4v) is 4.43. The predicted octanol–water partition coefficient (Wildman–Crippen LogP) is 4.62. The summed E-state index contributed by atoms with van der Waals surface area (Å²) in [6, 6.07) is 17.5. The third-order valence-electron chi connectivity index (χ3n) is 7.22. The van der Waals surface area contributed by atoms with Crippen LogP contribution in [-0.4, -0.2) is 60.6 Å². The fraction of sp³-hybridized carbons (Fsp3) is 0.290. The van der Waals surface area contributed by atoms with Gasteiger partial charge in [-0.2, -0.15) is 0 Å². The Morgan fingerprint density at radius 3 is 2.33 bits per heavy atom.